The van der Waals surface area contributed by atoms with Gasteiger partial charge in [0.2, 0.25) is 0 Å². The van der Waals surface area contributed by atoms with Crippen LogP contribution in [0.5, 0.6) is 0 Å². The van der Waals surface area contributed by atoms with Crippen molar-refractivity contribution in [1.29, 1.82) is 0 Å². The first-order valence-corrected chi connectivity index (χ1v) is 24.9. The number of unbranched alkanes of at least 4 members (excludes halogenated alkanes) is 6. The smallest absolute Gasteiger partial charge is 0.413 e. The van der Waals surface area contributed by atoms with Gasteiger partial charge >= 0.3 is 12.2 Å². The Kier molecular flexibility index (Phi) is 19.6. The maximum absolute atomic E-state index is 13.7. The quantitative estimate of drug-likeness (QED) is 0.117. The zero-order valence-corrected chi connectivity index (χ0v) is 35.4. The summed E-state index contributed by atoms with van der Waals surface area (Å²) in [6.45, 7) is 25.0. The number of nitrogens with one attached hydrogen (secondary N) is 2. The zero-order chi connectivity index (χ0) is 36.4. The molecule has 278 valence electrons. The van der Waals surface area contributed by atoms with Crippen LogP contribution in [0.15, 0.2) is 6.07 Å². The summed E-state index contributed by atoms with van der Waals surface area (Å²) >= 11 is 0. The third kappa shape index (κ3) is 14.9. The SMILES string of the molecule is CCCC[Si](CCCC)(CCCC)c1cc(NC(=O)OC(C)(C)C)c([Si](CCCC)(CCCC)CCCC)c(NC(=O)OC(C)(C)C)n1. The molecule has 7 nitrogen and oxygen atoms in total. The molecule has 0 fully saturated rings. The van der Waals surface area contributed by atoms with Crippen molar-refractivity contribution in [3.05, 3.63) is 6.07 Å². The second kappa shape index (κ2) is 21.4. The predicted octanol–water partition coefficient (Wildman–Crippen LogP) is 11.9. The maximum atomic E-state index is 13.7. The second-order valence-electron chi connectivity index (χ2n) is 16.2. The van der Waals surface area contributed by atoms with Gasteiger partial charge in [0.15, 0.2) is 0 Å². The van der Waals surface area contributed by atoms with E-state index in [0.717, 1.165) is 130 Å². The van der Waals surface area contributed by atoms with Crippen molar-refractivity contribution in [2.45, 2.75) is 208 Å². The van der Waals surface area contributed by atoms with Crippen LogP contribution >= 0.6 is 0 Å². The van der Waals surface area contributed by atoms with E-state index in [-0.39, 0.29) is 0 Å². The van der Waals surface area contributed by atoms with Crippen molar-refractivity contribution in [2.24, 2.45) is 0 Å². The zero-order valence-electron chi connectivity index (χ0n) is 33.4. The molecule has 0 bridgehead atoms. The number of carbonyl (C=O) groups is 2. The molecule has 2 N–H and O–H groups in total. The molecule has 0 aromatic carbocycles. The van der Waals surface area contributed by atoms with E-state index in [2.05, 4.69) is 58.2 Å². The van der Waals surface area contributed by atoms with E-state index < -0.39 is 39.5 Å². The first-order chi connectivity index (χ1) is 22.6. The van der Waals surface area contributed by atoms with E-state index in [1.54, 1.807) is 0 Å². The number of aromatic nitrogens is 1. The van der Waals surface area contributed by atoms with Crippen molar-refractivity contribution >= 4 is 50.3 Å². The van der Waals surface area contributed by atoms with Gasteiger partial charge in [0.05, 0.1) is 8.07 Å². The Bertz CT molecular complexity index is 1000. The lowest BCUT2D eigenvalue weighted by molar-refractivity contribution is 0.0625. The Morgan fingerprint density at radius 2 is 0.917 bits per heavy atom. The first kappa shape index (κ1) is 44.1. The number of rotatable bonds is 22. The molecule has 1 aromatic heterocycles. The van der Waals surface area contributed by atoms with Gasteiger partial charge in [-0.25, -0.2) is 14.6 Å². The topological polar surface area (TPSA) is 89.6 Å². The van der Waals surface area contributed by atoms with Crippen molar-refractivity contribution in [2.75, 3.05) is 10.6 Å². The fourth-order valence-corrected chi connectivity index (χ4v) is 18.3. The molecule has 9 heteroatoms. The fraction of sp³-hybridized carbons (Fsp3) is 0.821. The average molecular weight is 706 g/mol. The fourth-order valence-electron chi connectivity index (χ4n) is 6.96. The second-order valence-corrected chi connectivity index (χ2v) is 25.3. The van der Waals surface area contributed by atoms with E-state index in [4.69, 9.17) is 14.5 Å². The van der Waals surface area contributed by atoms with Crippen LogP contribution in [0.4, 0.5) is 21.1 Å². The standard InChI is InChI=1S/C39H75N3O4Si2/c1-13-19-25-47(26-20-14-2,27-21-15-3)33-31-32(40-36(43)45-38(7,8)9)34(35(41-33)42-37(44)46-39(10,11)12)48(28-22-16-4,29-23-17-5)30-24-18-6/h31H,13-30H2,1-12H3,(H2,40,41,42,43,44). The highest BCUT2D eigenvalue weighted by Crippen LogP contribution is 2.35. The number of pyridine rings is 1. The molecule has 0 spiro atoms. The summed E-state index contributed by atoms with van der Waals surface area (Å²) < 4.78 is 11.8. The highest BCUT2D eigenvalue weighted by molar-refractivity contribution is 6.95. The van der Waals surface area contributed by atoms with Crippen molar-refractivity contribution < 1.29 is 19.1 Å². The Morgan fingerprint density at radius 1 is 0.583 bits per heavy atom. The van der Waals surface area contributed by atoms with Crippen LogP contribution in [0.1, 0.15) is 160 Å². The Morgan fingerprint density at radius 3 is 1.25 bits per heavy atom. The van der Waals surface area contributed by atoms with Crippen LogP contribution in [-0.4, -0.2) is 44.5 Å². The predicted molar refractivity (Wildman–Crippen MR) is 213 cm³/mol. The minimum atomic E-state index is -2.32. The Labute approximate surface area is 297 Å². The van der Waals surface area contributed by atoms with Gasteiger partial charge in [-0.05, 0) is 47.6 Å². The summed E-state index contributed by atoms with van der Waals surface area (Å²) in [5, 5.41) is 8.74. The number of amides is 2. The van der Waals surface area contributed by atoms with Crippen LogP contribution in [0.25, 0.3) is 0 Å². The molecule has 2 amide bonds. The van der Waals surface area contributed by atoms with Crippen LogP contribution < -0.4 is 21.1 Å². The molecule has 0 atom stereocenters. The number of ether oxygens (including phenoxy) is 2. The number of hydrogen-bond acceptors (Lipinski definition) is 5. The van der Waals surface area contributed by atoms with Gasteiger partial charge in [-0.2, -0.15) is 0 Å². The van der Waals surface area contributed by atoms with Crippen molar-refractivity contribution in [3.8, 4) is 0 Å². The maximum Gasteiger partial charge on any atom is 0.413 e. The summed E-state index contributed by atoms with van der Waals surface area (Å²) in [7, 11) is -4.45. The van der Waals surface area contributed by atoms with Crippen LogP contribution in [0, 0.1) is 0 Å². The van der Waals surface area contributed by atoms with Gasteiger partial charge in [0.25, 0.3) is 0 Å². The van der Waals surface area contributed by atoms with E-state index in [1.165, 1.54) is 0 Å². The molecular formula is C39H75N3O4Si2. The number of nitrogens with zero attached hydrogens (tertiary/aromatic N) is 1. The highest BCUT2D eigenvalue weighted by Gasteiger charge is 2.42. The lowest BCUT2D eigenvalue weighted by Crippen LogP contribution is -2.55. The lowest BCUT2D eigenvalue weighted by atomic mass is 10.2. The van der Waals surface area contributed by atoms with Gasteiger partial charge in [0.1, 0.15) is 25.1 Å². The molecule has 0 saturated heterocycles. The Balaban J connectivity index is 4.40. The molecule has 0 radical (unpaired) electrons. The normalized spacial score (nSPS) is 12.6. The molecule has 1 rings (SSSR count). The third-order valence-corrected chi connectivity index (χ3v) is 20.2. The van der Waals surface area contributed by atoms with Crippen molar-refractivity contribution in [3.63, 3.8) is 0 Å². The molecular weight excluding hydrogens is 631 g/mol. The average Bonchev–Trinajstić information content (AvgIpc) is 2.99. The highest BCUT2D eigenvalue weighted by atomic mass is 28.3. The molecule has 0 aliphatic rings. The summed E-state index contributed by atoms with van der Waals surface area (Å²) in [6.07, 6.45) is 12.6. The summed E-state index contributed by atoms with van der Waals surface area (Å²) in [6, 6.07) is 9.05. The van der Waals surface area contributed by atoms with Crippen molar-refractivity contribution in [1.82, 2.24) is 4.98 Å². The summed E-state index contributed by atoms with van der Waals surface area (Å²) in [5.41, 5.74) is -0.472. The van der Waals surface area contributed by atoms with E-state index in [9.17, 15) is 9.59 Å². The van der Waals surface area contributed by atoms with Crippen LogP contribution in [0.2, 0.25) is 36.3 Å². The van der Waals surface area contributed by atoms with Gasteiger partial charge in [0, 0.05) is 16.2 Å². The number of hydrogen-bond donors (Lipinski definition) is 2. The summed E-state index contributed by atoms with van der Waals surface area (Å²) in [5.74, 6) is 0.629. The number of carbonyl (C=O) groups excluding carboxylic acids is 2. The molecule has 1 aromatic rings. The lowest BCUT2D eigenvalue weighted by Gasteiger charge is -2.38. The van der Waals surface area contributed by atoms with Gasteiger partial charge in [-0.3, -0.25) is 10.6 Å². The molecule has 0 aliphatic carbocycles. The van der Waals surface area contributed by atoms with Gasteiger partial charge in [-0.15, -0.1) is 0 Å². The first-order valence-electron chi connectivity index (χ1n) is 19.6. The molecule has 0 aliphatic heterocycles. The largest absolute Gasteiger partial charge is 0.444 e. The minimum absolute atomic E-state index is 0.448. The van der Waals surface area contributed by atoms with E-state index in [0.29, 0.717) is 5.82 Å². The van der Waals surface area contributed by atoms with E-state index >= 15 is 0 Å². The van der Waals surface area contributed by atoms with E-state index in [1.807, 2.05) is 41.5 Å². The monoisotopic (exact) mass is 706 g/mol. The molecule has 0 unspecified atom stereocenters. The Hall–Kier alpha value is -1.88. The van der Waals surface area contributed by atoms with Gasteiger partial charge < -0.3 is 9.47 Å². The van der Waals surface area contributed by atoms with Gasteiger partial charge in [-0.1, -0.05) is 155 Å². The summed E-state index contributed by atoms with van der Waals surface area (Å²) in [4.78, 5) is 33.0. The number of anilines is 2. The van der Waals surface area contributed by atoms with Crippen LogP contribution in [0.3, 0.4) is 0 Å². The molecule has 48 heavy (non-hydrogen) atoms. The molecule has 1 heterocycles. The molecule has 0 saturated carbocycles. The van der Waals surface area contributed by atoms with Crippen LogP contribution in [-0.2, 0) is 9.47 Å². The minimum Gasteiger partial charge on any atom is -0.444 e. The third-order valence-electron chi connectivity index (χ3n) is 9.40.